The van der Waals surface area contributed by atoms with Crippen LogP contribution < -0.4 is 4.90 Å². The third kappa shape index (κ3) is 5.66. The van der Waals surface area contributed by atoms with E-state index < -0.39 is 0 Å². The number of anilines is 1. The summed E-state index contributed by atoms with van der Waals surface area (Å²) in [5.74, 6) is 0.0126. The molecule has 2 fully saturated rings. The molecule has 0 saturated carbocycles. The fourth-order valence-corrected chi connectivity index (χ4v) is 4.70. The molecule has 0 N–H and O–H groups in total. The second-order valence-corrected chi connectivity index (χ2v) is 8.98. The number of halogens is 1. The Morgan fingerprint density at radius 1 is 0.882 bits per heavy atom. The Morgan fingerprint density at radius 2 is 1.62 bits per heavy atom. The number of rotatable bonds is 5. The van der Waals surface area contributed by atoms with E-state index in [1.165, 1.54) is 6.07 Å². The number of para-hydroxylation sites is 2. The highest BCUT2D eigenvalue weighted by atomic mass is 35.5. The molecule has 2 aliphatic rings. The van der Waals surface area contributed by atoms with E-state index in [4.69, 9.17) is 11.6 Å². The zero-order valence-electron chi connectivity index (χ0n) is 18.9. The van der Waals surface area contributed by atoms with Gasteiger partial charge in [-0.3, -0.25) is 24.6 Å². The summed E-state index contributed by atoms with van der Waals surface area (Å²) >= 11 is 6.03. The Hall–Kier alpha value is -3.17. The number of nitrogens with zero attached hydrogens (tertiary/aromatic N) is 5. The third-order valence-corrected chi connectivity index (χ3v) is 6.59. The largest absolute Gasteiger partial charge is 0.362 e. The Kier molecular flexibility index (Phi) is 7.64. The van der Waals surface area contributed by atoms with Crippen LogP contribution >= 0.6 is 11.6 Å². The van der Waals surface area contributed by atoms with Gasteiger partial charge in [0.05, 0.1) is 11.5 Å². The number of carbonyl (C=O) groups is 2. The molecule has 180 valence electrons. The Bertz CT molecular complexity index is 1060. The van der Waals surface area contributed by atoms with Gasteiger partial charge in [0, 0.05) is 69.0 Å². The first-order chi connectivity index (χ1) is 16.4. The molecule has 2 heterocycles. The Labute approximate surface area is 203 Å². The number of nitro groups is 1. The SMILES string of the molecule is O=C(CN1CCCN(C(=O)c2cccc(Cl)c2)CC1)N1CCN(c2ccccc2[N+](=O)[O-])CC1. The number of nitro benzene ring substituents is 1. The van der Waals surface area contributed by atoms with E-state index in [1.807, 2.05) is 14.7 Å². The van der Waals surface area contributed by atoms with Crippen LogP contribution in [0.4, 0.5) is 11.4 Å². The highest BCUT2D eigenvalue weighted by Gasteiger charge is 2.27. The van der Waals surface area contributed by atoms with Gasteiger partial charge in [0.2, 0.25) is 5.91 Å². The molecule has 34 heavy (non-hydrogen) atoms. The molecule has 0 radical (unpaired) electrons. The van der Waals surface area contributed by atoms with Crippen LogP contribution in [0.1, 0.15) is 16.8 Å². The van der Waals surface area contributed by atoms with E-state index in [1.54, 1.807) is 42.5 Å². The van der Waals surface area contributed by atoms with Crippen molar-refractivity contribution in [2.45, 2.75) is 6.42 Å². The van der Waals surface area contributed by atoms with Crippen molar-refractivity contribution >= 4 is 34.8 Å². The lowest BCUT2D eigenvalue weighted by Gasteiger charge is -2.36. The van der Waals surface area contributed by atoms with Crippen molar-refractivity contribution in [2.24, 2.45) is 0 Å². The molecule has 2 saturated heterocycles. The first kappa shape index (κ1) is 24.0. The standard InChI is InChI=1S/C24H28ClN5O4/c25-20-6-3-5-19(17-20)24(32)29-10-4-9-26(11-12-29)18-23(31)28-15-13-27(14-16-28)21-7-1-2-8-22(21)30(33)34/h1-3,5-8,17H,4,9-16,18H2. The van der Waals surface area contributed by atoms with E-state index in [2.05, 4.69) is 4.90 Å². The van der Waals surface area contributed by atoms with Crippen molar-refractivity contribution in [2.75, 3.05) is 63.8 Å². The van der Waals surface area contributed by atoms with E-state index in [9.17, 15) is 19.7 Å². The van der Waals surface area contributed by atoms with Crippen LogP contribution in [0.5, 0.6) is 0 Å². The van der Waals surface area contributed by atoms with Crippen LogP contribution in [0, 0.1) is 10.1 Å². The van der Waals surface area contributed by atoms with Gasteiger partial charge in [0.25, 0.3) is 11.6 Å². The fraction of sp³-hybridized carbons (Fsp3) is 0.417. The second kappa shape index (κ2) is 10.8. The Balaban J connectivity index is 1.28. The lowest BCUT2D eigenvalue weighted by molar-refractivity contribution is -0.384. The molecule has 0 bridgehead atoms. The summed E-state index contributed by atoms with van der Waals surface area (Å²) < 4.78 is 0. The number of hydrogen-bond donors (Lipinski definition) is 0. The van der Waals surface area contributed by atoms with Crippen LogP contribution in [-0.4, -0.2) is 90.3 Å². The number of hydrogen-bond acceptors (Lipinski definition) is 6. The molecule has 0 spiro atoms. The van der Waals surface area contributed by atoms with Gasteiger partial charge >= 0.3 is 0 Å². The van der Waals surface area contributed by atoms with Crippen LogP contribution in [0.3, 0.4) is 0 Å². The van der Waals surface area contributed by atoms with Gasteiger partial charge < -0.3 is 14.7 Å². The van der Waals surface area contributed by atoms with E-state index in [0.29, 0.717) is 68.6 Å². The number of piperazine rings is 1. The van der Waals surface area contributed by atoms with Gasteiger partial charge in [-0.15, -0.1) is 0 Å². The summed E-state index contributed by atoms with van der Waals surface area (Å²) in [6, 6.07) is 13.7. The van der Waals surface area contributed by atoms with Crippen LogP contribution in [0.15, 0.2) is 48.5 Å². The smallest absolute Gasteiger partial charge is 0.292 e. The van der Waals surface area contributed by atoms with E-state index in [0.717, 1.165) is 13.0 Å². The number of carbonyl (C=O) groups excluding carboxylic acids is 2. The van der Waals surface area contributed by atoms with Crippen molar-refractivity contribution in [3.63, 3.8) is 0 Å². The highest BCUT2D eigenvalue weighted by molar-refractivity contribution is 6.30. The second-order valence-electron chi connectivity index (χ2n) is 8.55. The summed E-state index contributed by atoms with van der Waals surface area (Å²) in [7, 11) is 0. The van der Waals surface area contributed by atoms with Gasteiger partial charge in [-0.2, -0.15) is 0 Å². The average molecular weight is 486 g/mol. The minimum Gasteiger partial charge on any atom is -0.362 e. The van der Waals surface area contributed by atoms with Crippen LogP contribution in [0.2, 0.25) is 5.02 Å². The third-order valence-electron chi connectivity index (χ3n) is 6.36. The van der Waals surface area contributed by atoms with Crippen LogP contribution in [0.25, 0.3) is 0 Å². The lowest BCUT2D eigenvalue weighted by Crippen LogP contribution is -2.51. The normalized spacial score (nSPS) is 17.4. The number of benzene rings is 2. The molecular formula is C24H28ClN5O4. The molecule has 2 aromatic carbocycles. The van der Waals surface area contributed by atoms with E-state index in [-0.39, 0.29) is 22.4 Å². The van der Waals surface area contributed by atoms with Gasteiger partial charge in [-0.25, -0.2) is 0 Å². The zero-order valence-corrected chi connectivity index (χ0v) is 19.7. The fourth-order valence-electron chi connectivity index (χ4n) is 4.51. The molecule has 2 aliphatic heterocycles. The summed E-state index contributed by atoms with van der Waals surface area (Å²) in [5, 5.41) is 11.9. The molecule has 0 atom stereocenters. The van der Waals surface area contributed by atoms with Gasteiger partial charge in [-0.05, 0) is 30.7 Å². The monoisotopic (exact) mass is 485 g/mol. The molecule has 9 nitrogen and oxygen atoms in total. The molecule has 4 rings (SSSR count). The lowest BCUT2D eigenvalue weighted by atomic mass is 10.2. The summed E-state index contributed by atoms with van der Waals surface area (Å²) in [6.07, 6.45) is 0.797. The van der Waals surface area contributed by atoms with Gasteiger partial charge in [0.15, 0.2) is 0 Å². The highest BCUT2D eigenvalue weighted by Crippen LogP contribution is 2.28. The Morgan fingerprint density at radius 3 is 2.35 bits per heavy atom. The molecular weight excluding hydrogens is 458 g/mol. The first-order valence-electron chi connectivity index (χ1n) is 11.5. The van der Waals surface area contributed by atoms with Crippen molar-refractivity contribution in [3.8, 4) is 0 Å². The maximum Gasteiger partial charge on any atom is 0.292 e. The predicted octanol–water partition coefficient (Wildman–Crippen LogP) is 2.74. The predicted molar refractivity (Wildman–Crippen MR) is 130 cm³/mol. The van der Waals surface area contributed by atoms with Gasteiger partial charge in [-0.1, -0.05) is 29.8 Å². The maximum atomic E-state index is 12.9. The topological polar surface area (TPSA) is 90.2 Å². The van der Waals surface area contributed by atoms with Crippen molar-refractivity contribution in [1.82, 2.24) is 14.7 Å². The molecule has 10 heteroatoms. The van der Waals surface area contributed by atoms with Crippen molar-refractivity contribution < 1.29 is 14.5 Å². The molecule has 2 amide bonds. The quantitative estimate of drug-likeness (QED) is 0.478. The average Bonchev–Trinajstić information content (AvgIpc) is 3.09. The summed E-state index contributed by atoms with van der Waals surface area (Å²) in [4.78, 5) is 44.4. The number of amides is 2. The molecule has 0 aliphatic carbocycles. The van der Waals surface area contributed by atoms with E-state index >= 15 is 0 Å². The first-order valence-corrected chi connectivity index (χ1v) is 11.8. The zero-order chi connectivity index (χ0) is 24.1. The maximum absolute atomic E-state index is 12.9. The minimum atomic E-state index is -0.368. The van der Waals surface area contributed by atoms with Crippen LogP contribution in [-0.2, 0) is 4.79 Å². The minimum absolute atomic E-state index is 0.0400. The molecule has 0 aromatic heterocycles. The van der Waals surface area contributed by atoms with Crippen molar-refractivity contribution in [1.29, 1.82) is 0 Å². The summed E-state index contributed by atoms with van der Waals surface area (Å²) in [6.45, 7) is 5.06. The molecule has 0 unspecified atom stereocenters. The summed E-state index contributed by atoms with van der Waals surface area (Å²) in [5.41, 5.74) is 1.26. The van der Waals surface area contributed by atoms with Gasteiger partial charge in [0.1, 0.15) is 5.69 Å². The molecule has 2 aromatic rings. The van der Waals surface area contributed by atoms with Crippen molar-refractivity contribution in [3.05, 3.63) is 69.2 Å².